The molecule has 1 N–H and O–H groups in total. The summed E-state index contributed by atoms with van der Waals surface area (Å²) in [6.07, 6.45) is 0. The van der Waals surface area contributed by atoms with Gasteiger partial charge in [0.05, 0.1) is 13.2 Å². The molecule has 0 spiro atoms. The van der Waals surface area contributed by atoms with Gasteiger partial charge in [0.2, 0.25) is 0 Å². The van der Waals surface area contributed by atoms with E-state index >= 15 is 0 Å². The van der Waals surface area contributed by atoms with Crippen LogP contribution in [0.4, 0.5) is 0 Å². The summed E-state index contributed by atoms with van der Waals surface area (Å²) >= 11 is 5.87. The van der Waals surface area contributed by atoms with Crippen molar-refractivity contribution in [3.05, 3.63) is 75.1 Å². The van der Waals surface area contributed by atoms with E-state index in [1.165, 1.54) is 13.2 Å². The topological polar surface area (TPSA) is 68.5 Å². The Morgan fingerprint density at radius 1 is 1.16 bits per heavy atom. The minimum absolute atomic E-state index is 0.0431. The molecule has 0 aliphatic rings. The molecule has 0 aliphatic carbocycles. The molecule has 0 bridgehead atoms. The minimum atomic E-state index is -0.693. The van der Waals surface area contributed by atoms with Crippen molar-refractivity contribution in [2.75, 3.05) is 7.11 Å². The number of benzene rings is 2. The third kappa shape index (κ3) is 3.67. The molecule has 0 fully saturated rings. The predicted octanol–water partition coefficient (Wildman–Crippen LogP) is 3.95. The monoisotopic (exact) mass is 357 g/mol. The third-order valence-corrected chi connectivity index (χ3v) is 4.16. The lowest BCUT2D eigenvalue weighted by Gasteiger charge is -2.14. The maximum atomic E-state index is 12.5. The highest BCUT2D eigenvalue weighted by Crippen LogP contribution is 2.21. The molecule has 128 valence electrons. The lowest BCUT2D eigenvalue weighted by Crippen LogP contribution is -2.30. The second kappa shape index (κ2) is 6.99. The summed E-state index contributed by atoms with van der Waals surface area (Å²) in [5.74, 6) is 0.0816. The molecule has 5 nitrogen and oxygen atoms in total. The number of hydrogen-bond donors (Lipinski definition) is 1. The molecule has 0 radical (unpaired) electrons. The van der Waals surface area contributed by atoms with Gasteiger partial charge in [-0.3, -0.25) is 4.79 Å². The Labute approximate surface area is 149 Å². The summed E-state index contributed by atoms with van der Waals surface area (Å²) in [6.45, 7) is 1.83. The fourth-order valence-electron chi connectivity index (χ4n) is 2.49. The number of methoxy groups -OCH3 is 1. The zero-order valence-electron chi connectivity index (χ0n) is 13.7. The van der Waals surface area contributed by atoms with E-state index in [9.17, 15) is 9.59 Å². The zero-order valence-corrected chi connectivity index (χ0v) is 14.5. The summed E-state index contributed by atoms with van der Waals surface area (Å²) in [6, 6.07) is 13.5. The van der Waals surface area contributed by atoms with E-state index < -0.39 is 11.5 Å². The Morgan fingerprint density at radius 3 is 2.56 bits per heavy atom. The van der Waals surface area contributed by atoms with Crippen molar-refractivity contribution in [1.29, 1.82) is 0 Å². The Morgan fingerprint density at radius 2 is 1.88 bits per heavy atom. The van der Waals surface area contributed by atoms with Gasteiger partial charge in [0.1, 0.15) is 16.9 Å². The molecule has 0 saturated heterocycles. The van der Waals surface area contributed by atoms with Crippen LogP contribution in [0.3, 0.4) is 0 Å². The third-order valence-electron chi connectivity index (χ3n) is 3.91. The normalized spacial score (nSPS) is 12.0. The molecule has 1 atom stereocenters. The van der Waals surface area contributed by atoms with Gasteiger partial charge in [0, 0.05) is 16.5 Å². The van der Waals surface area contributed by atoms with Crippen LogP contribution in [-0.2, 0) is 0 Å². The first-order valence-electron chi connectivity index (χ1n) is 7.66. The maximum Gasteiger partial charge on any atom is 0.349 e. The Kier molecular flexibility index (Phi) is 4.76. The van der Waals surface area contributed by atoms with E-state index in [-0.39, 0.29) is 11.6 Å². The number of ether oxygens (including phenoxy) is 1. The van der Waals surface area contributed by atoms with E-state index in [0.29, 0.717) is 21.7 Å². The molecular formula is C19H16ClNO4. The average Bonchev–Trinajstić information content (AvgIpc) is 2.60. The van der Waals surface area contributed by atoms with Crippen LogP contribution < -0.4 is 15.7 Å². The van der Waals surface area contributed by atoms with Gasteiger partial charge in [-0.05, 0) is 42.8 Å². The van der Waals surface area contributed by atoms with Gasteiger partial charge in [-0.15, -0.1) is 0 Å². The van der Waals surface area contributed by atoms with Gasteiger partial charge in [-0.2, -0.15) is 0 Å². The minimum Gasteiger partial charge on any atom is -0.497 e. The molecule has 25 heavy (non-hydrogen) atoms. The maximum absolute atomic E-state index is 12.5. The number of carbonyl (C=O) groups is 1. The molecule has 3 rings (SSSR count). The first-order valence-corrected chi connectivity index (χ1v) is 8.04. The van der Waals surface area contributed by atoms with Gasteiger partial charge in [-0.25, -0.2) is 4.79 Å². The molecule has 6 heteroatoms. The van der Waals surface area contributed by atoms with Crippen molar-refractivity contribution in [3.63, 3.8) is 0 Å². The summed E-state index contributed by atoms with van der Waals surface area (Å²) < 4.78 is 10.3. The van der Waals surface area contributed by atoms with Crippen LogP contribution in [-0.4, -0.2) is 13.0 Å². The van der Waals surface area contributed by atoms with Crippen LogP contribution in [0.1, 0.15) is 28.9 Å². The summed E-state index contributed by atoms with van der Waals surface area (Å²) in [7, 11) is 1.53. The number of fused-ring (bicyclic) bond motifs is 1. The van der Waals surface area contributed by atoms with Crippen molar-refractivity contribution < 1.29 is 13.9 Å². The first kappa shape index (κ1) is 17.0. The second-order valence-electron chi connectivity index (χ2n) is 5.60. The molecule has 2 aromatic carbocycles. The summed E-state index contributed by atoms with van der Waals surface area (Å²) in [5, 5.41) is 4.05. The summed E-state index contributed by atoms with van der Waals surface area (Å²) in [5.41, 5.74) is 0.513. The molecule has 0 unspecified atom stereocenters. The number of carbonyl (C=O) groups excluding carboxylic acids is 1. The molecule has 3 aromatic rings. The highest BCUT2D eigenvalue weighted by molar-refractivity contribution is 6.30. The number of amides is 1. The van der Waals surface area contributed by atoms with Crippen molar-refractivity contribution in [1.82, 2.24) is 5.32 Å². The van der Waals surface area contributed by atoms with Crippen LogP contribution in [0.5, 0.6) is 5.75 Å². The SMILES string of the molecule is COc1ccc2cc(C(=O)N[C@H](C)c3ccc(Cl)cc3)c(=O)oc2c1. The van der Waals surface area contributed by atoms with Crippen molar-refractivity contribution >= 4 is 28.5 Å². The van der Waals surface area contributed by atoms with Crippen molar-refractivity contribution in [2.24, 2.45) is 0 Å². The number of nitrogens with one attached hydrogen (secondary N) is 1. The average molecular weight is 358 g/mol. The molecule has 1 amide bonds. The number of hydrogen-bond acceptors (Lipinski definition) is 4. The van der Waals surface area contributed by atoms with Crippen LogP contribution in [0.25, 0.3) is 11.0 Å². The quantitative estimate of drug-likeness (QED) is 0.718. The van der Waals surface area contributed by atoms with E-state index in [0.717, 1.165) is 5.56 Å². The van der Waals surface area contributed by atoms with Gasteiger partial charge in [0.15, 0.2) is 0 Å². The molecule has 0 saturated carbocycles. The fourth-order valence-corrected chi connectivity index (χ4v) is 2.61. The van der Waals surface area contributed by atoms with Crippen LogP contribution in [0, 0.1) is 0 Å². The standard InChI is InChI=1S/C19H16ClNO4/c1-11(12-3-6-14(20)7-4-12)21-18(22)16-9-13-5-8-15(24-2)10-17(13)25-19(16)23/h3-11H,1-2H3,(H,21,22)/t11-/m1/s1. The lowest BCUT2D eigenvalue weighted by atomic mass is 10.1. The van der Waals surface area contributed by atoms with Crippen molar-refractivity contribution in [2.45, 2.75) is 13.0 Å². The first-order chi connectivity index (χ1) is 12.0. The number of halogens is 1. The van der Waals surface area contributed by atoms with E-state index in [1.54, 1.807) is 30.3 Å². The number of rotatable bonds is 4. The Bertz CT molecular complexity index is 979. The van der Waals surface area contributed by atoms with E-state index in [4.69, 9.17) is 20.8 Å². The van der Waals surface area contributed by atoms with Crippen LogP contribution >= 0.6 is 11.6 Å². The highest BCUT2D eigenvalue weighted by Gasteiger charge is 2.17. The largest absolute Gasteiger partial charge is 0.497 e. The molecule has 1 heterocycles. The highest BCUT2D eigenvalue weighted by atomic mass is 35.5. The fraction of sp³-hybridized carbons (Fsp3) is 0.158. The van der Waals surface area contributed by atoms with Gasteiger partial charge >= 0.3 is 5.63 Å². The smallest absolute Gasteiger partial charge is 0.349 e. The van der Waals surface area contributed by atoms with Crippen LogP contribution in [0.15, 0.2) is 57.7 Å². The zero-order chi connectivity index (χ0) is 18.0. The van der Waals surface area contributed by atoms with Gasteiger partial charge in [0.25, 0.3) is 5.91 Å². The predicted molar refractivity (Wildman–Crippen MR) is 96.4 cm³/mol. The molecule has 0 aliphatic heterocycles. The van der Waals surface area contributed by atoms with E-state index in [1.807, 2.05) is 19.1 Å². The molecule has 1 aromatic heterocycles. The molecular weight excluding hydrogens is 342 g/mol. The van der Waals surface area contributed by atoms with E-state index in [2.05, 4.69) is 5.32 Å². The lowest BCUT2D eigenvalue weighted by molar-refractivity contribution is 0.0936. The van der Waals surface area contributed by atoms with Gasteiger partial charge < -0.3 is 14.5 Å². The Hall–Kier alpha value is -2.79. The second-order valence-corrected chi connectivity index (χ2v) is 6.03. The van der Waals surface area contributed by atoms with Crippen molar-refractivity contribution in [3.8, 4) is 5.75 Å². The van der Waals surface area contributed by atoms with Crippen LogP contribution in [0.2, 0.25) is 5.02 Å². The van der Waals surface area contributed by atoms with Gasteiger partial charge in [-0.1, -0.05) is 23.7 Å². The Balaban J connectivity index is 1.87. The summed E-state index contributed by atoms with van der Waals surface area (Å²) in [4.78, 5) is 24.6.